The molecule has 0 spiro atoms. The number of carboxylic acid groups (broad SMARTS) is 1. The second-order valence-electron chi connectivity index (χ2n) is 5.36. The van der Waals surface area contributed by atoms with Crippen LogP contribution in [0.3, 0.4) is 0 Å². The van der Waals surface area contributed by atoms with Gasteiger partial charge in [0.1, 0.15) is 12.4 Å². The molecule has 1 aliphatic rings. The maximum absolute atomic E-state index is 12.2. The zero-order valence-corrected chi connectivity index (χ0v) is 12.1. The lowest BCUT2D eigenvalue weighted by atomic mass is 9.95. The van der Waals surface area contributed by atoms with Crippen LogP contribution in [-0.4, -0.2) is 30.1 Å². The zero-order valence-electron chi connectivity index (χ0n) is 12.1. The molecule has 2 atom stereocenters. The molecule has 1 aromatic heterocycles. The summed E-state index contributed by atoms with van der Waals surface area (Å²) < 4.78 is 10.3. The third-order valence-electron chi connectivity index (χ3n) is 3.82. The minimum Gasteiger partial charge on any atom is -0.481 e. The summed E-state index contributed by atoms with van der Waals surface area (Å²) in [7, 11) is 1.55. The second kappa shape index (κ2) is 7.26. The summed E-state index contributed by atoms with van der Waals surface area (Å²) in [5, 5.41) is 12.1. The van der Waals surface area contributed by atoms with Crippen molar-refractivity contribution in [1.82, 2.24) is 5.32 Å². The normalized spacial score (nSPS) is 22.5. The number of rotatable bonds is 5. The van der Waals surface area contributed by atoms with Gasteiger partial charge in [-0.2, -0.15) is 0 Å². The van der Waals surface area contributed by atoms with Crippen LogP contribution in [0.2, 0.25) is 0 Å². The van der Waals surface area contributed by atoms with Gasteiger partial charge in [0.15, 0.2) is 5.76 Å². The van der Waals surface area contributed by atoms with Crippen LogP contribution in [0.15, 0.2) is 16.5 Å². The first-order valence-electron chi connectivity index (χ1n) is 7.23. The Morgan fingerprint density at radius 3 is 2.81 bits per heavy atom. The molecule has 1 saturated carbocycles. The third kappa shape index (κ3) is 4.07. The van der Waals surface area contributed by atoms with Crippen molar-refractivity contribution in [3.8, 4) is 0 Å². The van der Waals surface area contributed by atoms with Crippen LogP contribution >= 0.6 is 0 Å². The highest BCUT2D eigenvalue weighted by molar-refractivity contribution is 5.92. The molecule has 6 nitrogen and oxygen atoms in total. The number of aliphatic carboxylic acids is 1. The van der Waals surface area contributed by atoms with Gasteiger partial charge >= 0.3 is 5.97 Å². The van der Waals surface area contributed by atoms with Gasteiger partial charge in [-0.05, 0) is 25.0 Å². The van der Waals surface area contributed by atoms with Crippen LogP contribution < -0.4 is 5.32 Å². The van der Waals surface area contributed by atoms with Crippen LogP contribution in [0.25, 0.3) is 0 Å². The van der Waals surface area contributed by atoms with Crippen molar-refractivity contribution in [2.24, 2.45) is 5.92 Å². The molecule has 116 valence electrons. The van der Waals surface area contributed by atoms with E-state index < -0.39 is 11.9 Å². The van der Waals surface area contributed by atoms with Gasteiger partial charge in [0.2, 0.25) is 0 Å². The number of hydrogen-bond acceptors (Lipinski definition) is 4. The molecule has 6 heteroatoms. The summed E-state index contributed by atoms with van der Waals surface area (Å²) in [6.45, 7) is 0.300. The number of methoxy groups -OCH3 is 1. The fourth-order valence-corrected chi connectivity index (χ4v) is 2.74. The van der Waals surface area contributed by atoms with E-state index in [0.717, 1.165) is 19.3 Å². The molecular formula is C15H21NO5. The van der Waals surface area contributed by atoms with Crippen LogP contribution in [0, 0.1) is 5.92 Å². The third-order valence-corrected chi connectivity index (χ3v) is 3.82. The predicted molar refractivity (Wildman–Crippen MR) is 74.9 cm³/mol. The largest absolute Gasteiger partial charge is 0.481 e. The van der Waals surface area contributed by atoms with Gasteiger partial charge in [-0.25, -0.2) is 0 Å². The number of ether oxygens (including phenoxy) is 1. The number of hydrogen-bond donors (Lipinski definition) is 2. The summed E-state index contributed by atoms with van der Waals surface area (Å²) in [4.78, 5) is 23.5. The average molecular weight is 295 g/mol. The Hall–Kier alpha value is -1.82. The minimum absolute atomic E-state index is 0.190. The van der Waals surface area contributed by atoms with Crippen LogP contribution in [0.4, 0.5) is 0 Å². The topological polar surface area (TPSA) is 88.8 Å². The van der Waals surface area contributed by atoms with Gasteiger partial charge < -0.3 is 19.6 Å². The van der Waals surface area contributed by atoms with E-state index in [1.807, 2.05) is 0 Å². The Kier molecular flexibility index (Phi) is 5.38. The predicted octanol–water partition coefficient (Wildman–Crippen LogP) is 2.19. The van der Waals surface area contributed by atoms with E-state index in [9.17, 15) is 14.7 Å². The highest BCUT2D eigenvalue weighted by Crippen LogP contribution is 2.24. The molecule has 0 radical (unpaired) electrons. The standard InChI is InChI=1S/C15H21NO5/c1-20-9-10-7-8-13(21-10)14(17)16-12-6-4-2-3-5-11(12)15(18)19/h7-8,11-12H,2-6,9H2,1H3,(H,16,17)(H,18,19)/t11-,12+/m1/s1. The minimum atomic E-state index is -0.846. The maximum Gasteiger partial charge on any atom is 0.308 e. The summed E-state index contributed by atoms with van der Waals surface area (Å²) in [6, 6.07) is 2.92. The number of carbonyl (C=O) groups is 2. The molecule has 0 unspecified atom stereocenters. The first-order chi connectivity index (χ1) is 10.1. The van der Waals surface area contributed by atoms with E-state index in [0.29, 0.717) is 25.2 Å². The molecule has 21 heavy (non-hydrogen) atoms. The lowest BCUT2D eigenvalue weighted by Crippen LogP contribution is -2.42. The number of nitrogens with one attached hydrogen (secondary N) is 1. The van der Waals surface area contributed by atoms with Gasteiger partial charge in [0.25, 0.3) is 5.91 Å². The molecule has 2 N–H and O–H groups in total. The van der Waals surface area contributed by atoms with Crippen LogP contribution in [0.1, 0.15) is 48.4 Å². The number of furan rings is 1. The van der Waals surface area contributed by atoms with Crippen molar-refractivity contribution in [1.29, 1.82) is 0 Å². The van der Waals surface area contributed by atoms with Crippen molar-refractivity contribution in [2.45, 2.75) is 44.8 Å². The van der Waals surface area contributed by atoms with Crippen LogP contribution in [0.5, 0.6) is 0 Å². The van der Waals surface area contributed by atoms with E-state index in [-0.39, 0.29) is 17.7 Å². The summed E-state index contributed by atoms with van der Waals surface area (Å²) in [6.07, 6.45) is 4.13. The maximum atomic E-state index is 12.2. The number of amides is 1. The molecule has 1 amide bonds. The Morgan fingerprint density at radius 2 is 2.10 bits per heavy atom. The molecule has 1 aliphatic carbocycles. The first kappa shape index (κ1) is 15.6. The lowest BCUT2D eigenvalue weighted by molar-refractivity contribution is -0.142. The molecule has 0 saturated heterocycles. The van der Waals surface area contributed by atoms with Crippen molar-refractivity contribution in [2.75, 3.05) is 7.11 Å². The Bertz CT molecular complexity index is 496. The van der Waals surface area contributed by atoms with E-state index >= 15 is 0 Å². The van der Waals surface area contributed by atoms with Gasteiger partial charge in [-0.15, -0.1) is 0 Å². The van der Waals surface area contributed by atoms with Gasteiger partial charge in [-0.1, -0.05) is 19.3 Å². The Balaban J connectivity index is 2.03. The van der Waals surface area contributed by atoms with Crippen molar-refractivity contribution >= 4 is 11.9 Å². The van der Waals surface area contributed by atoms with Crippen molar-refractivity contribution < 1.29 is 23.8 Å². The lowest BCUT2D eigenvalue weighted by Gasteiger charge is -2.22. The molecule has 0 aromatic carbocycles. The molecule has 1 aromatic rings. The highest BCUT2D eigenvalue weighted by Gasteiger charge is 2.31. The zero-order chi connectivity index (χ0) is 15.2. The Labute approximate surface area is 123 Å². The smallest absolute Gasteiger partial charge is 0.308 e. The molecule has 1 heterocycles. The number of carbonyl (C=O) groups excluding carboxylic acids is 1. The average Bonchev–Trinajstić information content (AvgIpc) is 2.78. The number of carboxylic acids is 1. The van der Waals surface area contributed by atoms with Gasteiger partial charge in [0.05, 0.1) is 5.92 Å². The van der Waals surface area contributed by atoms with E-state index in [1.54, 1.807) is 19.2 Å². The Morgan fingerprint density at radius 1 is 1.33 bits per heavy atom. The van der Waals surface area contributed by atoms with Crippen molar-refractivity contribution in [3.05, 3.63) is 23.7 Å². The van der Waals surface area contributed by atoms with Gasteiger partial charge in [-0.3, -0.25) is 9.59 Å². The van der Waals surface area contributed by atoms with E-state index in [1.165, 1.54) is 0 Å². The van der Waals surface area contributed by atoms with Crippen LogP contribution in [-0.2, 0) is 16.1 Å². The van der Waals surface area contributed by atoms with E-state index in [2.05, 4.69) is 5.32 Å². The highest BCUT2D eigenvalue weighted by atomic mass is 16.5. The molecular weight excluding hydrogens is 274 g/mol. The van der Waals surface area contributed by atoms with E-state index in [4.69, 9.17) is 9.15 Å². The van der Waals surface area contributed by atoms with Gasteiger partial charge in [0, 0.05) is 13.2 Å². The molecule has 1 fully saturated rings. The van der Waals surface area contributed by atoms with Crippen molar-refractivity contribution in [3.63, 3.8) is 0 Å². The monoisotopic (exact) mass is 295 g/mol. The molecule has 0 aliphatic heterocycles. The fraction of sp³-hybridized carbons (Fsp3) is 0.600. The first-order valence-corrected chi connectivity index (χ1v) is 7.23. The molecule has 2 rings (SSSR count). The summed E-state index contributed by atoms with van der Waals surface area (Å²) >= 11 is 0. The SMILES string of the molecule is COCc1ccc(C(=O)N[C@H]2CCCCC[C@H]2C(=O)O)o1. The molecule has 0 bridgehead atoms. The summed E-state index contributed by atoms with van der Waals surface area (Å²) in [5.74, 6) is -0.976. The second-order valence-corrected chi connectivity index (χ2v) is 5.36. The summed E-state index contributed by atoms with van der Waals surface area (Å²) in [5.41, 5.74) is 0. The quantitative estimate of drug-likeness (QED) is 0.813. The fourth-order valence-electron chi connectivity index (χ4n) is 2.74.